The summed E-state index contributed by atoms with van der Waals surface area (Å²) in [6, 6.07) is 8.05. The minimum absolute atomic E-state index is 0.116. The average Bonchev–Trinajstić information content (AvgIpc) is 2.85. The number of imidazole rings is 1. The standard InChI is InChI=1S/C17H22N2O2/c1-2-19-16-9-4-3-8-15(16)18-17(19)12-13(20)11-14-7-5-6-10-21-14/h3-4,8-9,14H,2,5-7,10-12H2,1H3. The van der Waals surface area contributed by atoms with Gasteiger partial charge in [-0.05, 0) is 38.3 Å². The lowest BCUT2D eigenvalue weighted by Gasteiger charge is -2.21. The molecule has 4 nitrogen and oxygen atoms in total. The van der Waals surface area contributed by atoms with Gasteiger partial charge in [0.2, 0.25) is 0 Å². The Labute approximate surface area is 125 Å². The van der Waals surface area contributed by atoms with Crippen LogP contribution in [0.1, 0.15) is 38.4 Å². The normalized spacial score (nSPS) is 19.0. The van der Waals surface area contributed by atoms with Crippen molar-refractivity contribution in [1.29, 1.82) is 0 Å². The molecule has 1 atom stereocenters. The van der Waals surface area contributed by atoms with Crippen LogP contribution in [0.2, 0.25) is 0 Å². The van der Waals surface area contributed by atoms with E-state index in [-0.39, 0.29) is 11.9 Å². The van der Waals surface area contributed by atoms with Gasteiger partial charge in [0, 0.05) is 19.6 Å². The number of carbonyl (C=O) groups is 1. The number of hydrogen-bond acceptors (Lipinski definition) is 3. The molecule has 1 aliphatic heterocycles. The Kier molecular flexibility index (Phi) is 4.34. The number of nitrogens with zero attached hydrogens (tertiary/aromatic N) is 2. The Morgan fingerprint density at radius 1 is 1.38 bits per heavy atom. The Balaban J connectivity index is 1.73. The van der Waals surface area contributed by atoms with E-state index in [0.29, 0.717) is 12.8 Å². The summed E-state index contributed by atoms with van der Waals surface area (Å²) in [4.78, 5) is 16.9. The van der Waals surface area contributed by atoms with E-state index >= 15 is 0 Å². The van der Waals surface area contributed by atoms with E-state index in [2.05, 4.69) is 22.5 Å². The molecular weight excluding hydrogens is 264 g/mol. The summed E-state index contributed by atoms with van der Waals surface area (Å²) < 4.78 is 7.79. The molecule has 0 spiro atoms. The van der Waals surface area contributed by atoms with Gasteiger partial charge in [0.15, 0.2) is 0 Å². The van der Waals surface area contributed by atoms with Crippen molar-refractivity contribution in [3.05, 3.63) is 30.1 Å². The van der Waals surface area contributed by atoms with Crippen LogP contribution in [0.3, 0.4) is 0 Å². The van der Waals surface area contributed by atoms with Crippen LogP contribution in [0.4, 0.5) is 0 Å². The molecule has 1 aromatic carbocycles. The molecule has 1 fully saturated rings. The van der Waals surface area contributed by atoms with Crippen LogP contribution in [0.15, 0.2) is 24.3 Å². The van der Waals surface area contributed by atoms with Crippen LogP contribution < -0.4 is 0 Å². The number of hydrogen-bond donors (Lipinski definition) is 0. The third kappa shape index (κ3) is 3.16. The second-order valence-electron chi connectivity index (χ2n) is 5.67. The van der Waals surface area contributed by atoms with E-state index in [1.54, 1.807) is 0 Å². The van der Waals surface area contributed by atoms with Crippen LogP contribution in [-0.4, -0.2) is 28.0 Å². The van der Waals surface area contributed by atoms with Gasteiger partial charge in [-0.25, -0.2) is 4.98 Å². The second-order valence-corrected chi connectivity index (χ2v) is 5.67. The topological polar surface area (TPSA) is 44.1 Å². The maximum atomic E-state index is 12.3. The minimum atomic E-state index is 0.116. The smallest absolute Gasteiger partial charge is 0.142 e. The molecule has 1 unspecified atom stereocenters. The molecule has 0 amide bonds. The molecule has 21 heavy (non-hydrogen) atoms. The van der Waals surface area contributed by atoms with Crippen molar-refractivity contribution < 1.29 is 9.53 Å². The fraction of sp³-hybridized carbons (Fsp3) is 0.529. The number of para-hydroxylation sites is 2. The average molecular weight is 286 g/mol. The molecule has 0 saturated carbocycles. The lowest BCUT2D eigenvalue weighted by Crippen LogP contribution is -2.23. The summed E-state index contributed by atoms with van der Waals surface area (Å²) in [5, 5.41) is 0. The Bertz CT molecular complexity index is 627. The van der Waals surface area contributed by atoms with E-state index in [1.807, 2.05) is 18.2 Å². The van der Waals surface area contributed by atoms with Gasteiger partial charge in [-0.3, -0.25) is 4.79 Å². The summed E-state index contributed by atoms with van der Waals surface area (Å²) in [5.74, 6) is 1.10. The first-order valence-electron chi connectivity index (χ1n) is 7.85. The number of aryl methyl sites for hydroxylation is 1. The zero-order valence-electron chi connectivity index (χ0n) is 12.5. The predicted molar refractivity (Wildman–Crippen MR) is 82.3 cm³/mol. The number of aromatic nitrogens is 2. The van der Waals surface area contributed by atoms with Gasteiger partial charge in [0.05, 0.1) is 23.6 Å². The number of rotatable bonds is 5. The minimum Gasteiger partial charge on any atom is -0.378 e. The Morgan fingerprint density at radius 2 is 2.24 bits per heavy atom. The van der Waals surface area contributed by atoms with E-state index < -0.39 is 0 Å². The van der Waals surface area contributed by atoms with Crippen LogP contribution in [0.25, 0.3) is 11.0 Å². The van der Waals surface area contributed by atoms with Crippen molar-refractivity contribution in [3.8, 4) is 0 Å². The van der Waals surface area contributed by atoms with E-state index in [9.17, 15) is 4.79 Å². The SMILES string of the molecule is CCn1c(CC(=O)CC2CCCCO2)nc2ccccc21. The highest BCUT2D eigenvalue weighted by Gasteiger charge is 2.19. The molecule has 1 saturated heterocycles. The number of Topliss-reactive ketones (excluding diaryl/α,β-unsaturated/α-hetero) is 1. The summed E-state index contributed by atoms with van der Waals surface area (Å²) >= 11 is 0. The number of benzene rings is 1. The monoisotopic (exact) mass is 286 g/mol. The molecule has 1 aliphatic rings. The first-order valence-corrected chi connectivity index (χ1v) is 7.85. The first kappa shape index (κ1) is 14.3. The maximum Gasteiger partial charge on any atom is 0.142 e. The third-order valence-electron chi connectivity index (χ3n) is 4.13. The zero-order chi connectivity index (χ0) is 14.7. The highest BCUT2D eigenvalue weighted by atomic mass is 16.5. The predicted octanol–water partition coefficient (Wildman–Crippen LogP) is 3.13. The molecule has 2 aromatic rings. The highest BCUT2D eigenvalue weighted by Crippen LogP contribution is 2.19. The lowest BCUT2D eigenvalue weighted by molar-refractivity contribution is -0.122. The zero-order valence-corrected chi connectivity index (χ0v) is 12.5. The quantitative estimate of drug-likeness (QED) is 0.848. The lowest BCUT2D eigenvalue weighted by atomic mass is 10.0. The van der Waals surface area contributed by atoms with Gasteiger partial charge in [0.25, 0.3) is 0 Å². The maximum absolute atomic E-state index is 12.3. The summed E-state index contributed by atoms with van der Waals surface area (Å²) in [5.41, 5.74) is 2.08. The molecule has 0 aliphatic carbocycles. The fourth-order valence-corrected chi connectivity index (χ4v) is 3.08. The van der Waals surface area contributed by atoms with Crippen LogP contribution >= 0.6 is 0 Å². The fourth-order valence-electron chi connectivity index (χ4n) is 3.08. The van der Waals surface area contributed by atoms with Crippen molar-refractivity contribution in [1.82, 2.24) is 9.55 Å². The first-order chi connectivity index (χ1) is 10.3. The van der Waals surface area contributed by atoms with Gasteiger partial charge < -0.3 is 9.30 Å². The van der Waals surface area contributed by atoms with E-state index in [4.69, 9.17) is 4.74 Å². The molecular formula is C17H22N2O2. The van der Waals surface area contributed by atoms with Crippen molar-refractivity contribution in [2.45, 2.75) is 51.7 Å². The Morgan fingerprint density at radius 3 is 3.00 bits per heavy atom. The second kappa shape index (κ2) is 6.39. The highest BCUT2D eigenvalue weighted by molar-refractivity contribution is 5.83. The Hall–Kier alpha value is -1.68. The van der Waals surface area contributed by atoms with Crippen LogP contribution in [0.5, 0.6) is 0 Å². The third-order valence-corrected chi connectivity index (χ3v) is 4.13. The van der Waals surface area contributed by atoms with Crippen LogP contribution in [0, 0.1) is 0 Å². The molecule has 4 heteroatoms. The largest absolute Gasteiger partial charge is 0.378 e. The van der Waals surface area contributed by atoms with Crippen molar-refractivity contribution in [2.24, 2.45) is 0 Å². The number of carbonyl (C=O) groups excluding carboxylic acids is 1. The molecule has 2 heterocycles. The molecule has 0 bridgehead atoms. The van der Waals surface area contributed by atoms with Gasteiger partial charge >= 0.3 is 0 Å². The van der Waals surface area contributed by atoms with Crippen molar-refractivity contribution in [3.63, 3.8) is 0 Å². The van der Waals surface area contributed by atoms with Crippen LogP contribution in [-0.2, 0) is 22.5 Å². The summed E-state index contributed by atoms with van der Waals surface area (Å²) in [6.07, 6.45) is 4.35. The molecule has 0 radical (unpaired) electrons. The molecule has 1 aromatic heterocycles. The van der Waals surface area contributed by atoms with E-state index in [0.717, 1.165) is 42.9 Å². The van der Waals surface area contributed by atoms with Gasteiger partial charge in [-0.15, -0.1) is 0 Å². The van der Waals surface area contributed by atoms with E-state index in [1.165, 1.54) is 6.42 Å². The number of ketones is 1. The molecule has 3 rings (SSSR count). The summed E-state index contributed by atoms with van der Waals surface area (Å²) in [7, 11) is 0. The number of fused-ring (bicyclic) bond motifs is 1. The van der Waals surface area contributed by atoms with Gasteiger partial charge in [-0.1, -0.05) is 12.1 Å². The van der Waals surface area contributed by atoms with Gasteiger partial charge in [-0.2, -0.15) is 0 Å². The number of ether oxygens (including phenoxy) is 1. The van der Waals surface area contributed by atoms with Gasteiger partial charge in [0.1, 0.15) is 11.6 Å². The summed E-state index contributed by atoms with van der Waals surface area (Å²) in [6.45, 7) is 3.72. The van der Waals surface area contributed by atoms with Crippen molar-refractivity contribution >= 4 is 16.8 Å². The molecule has 112 valence electrons. The van der Waals surface area contributed by atoms with Crippen molar-refractivity contribution in [2.75, 3.05) is 6.61 Å². The molecule has 0 N–H and O–H groups in total.